The van der Waals surface area contributed by atoms with Gasteiger partial charge in [-0.3, -0.25) is 4.79 Å². The maximum Gasteiger partial charge on any atom is 0.224 e. The zero-order valence-electron chi connectivity index (χ0n) is 12.3. The van der Waals surface area contributed by atoms with Crippen LogP contribution in [0.15, 0.2) is 10.7 Å². The zero-order valence-corrected chi connectivity index (χ0v) is 12.3. The van der Waals surface area contributed by atoms with Gasteiger partial charge in [-0.1, -0.05) is 5.16 Å². The minimum absolute atomic E-state index is 0.0295. The van der Waals surface area contributed by atoms with E-state index >= 15 is 0 Å². The van der Waals surface area contributed by atoms with Crippen LogP contribution >= 0.6 is 0 Å². The van der Waals surface area contributed by atoms with Crippen LogP contribution in [0.2, 0.25) is 0 Å². The molecule has 112 valence electrons. The van der Waals surface area contributed by atoms with Gasteiger partial charge in [0.1, 0.15) is 17.3 Å². The number of rotatable bonds is 4. The molecule has 2 N–H and O–H groups in total. The summed E-state index contributed by atoms with van der Waals surface area (Å²) < 4.78 is 6.99. The van der Waals surface area contributed by atoms with Crippen LogP contribution in [0.5, 0.6) is 0 Å². The first kappa shape index (κ1) is 13.7. The van der Waals surface area contributed by atoms with Crippen LogP contribution < -0.4 is 10.6 Å². The summed E-state index contributed by atoms with van der Waals surface area (Å²) in [4.78, 5) is 12.1. The molecule has 1 aliphatic rings. The summed E-state index contributed by atoms with van der Waals surface area (Å²) in [6.07, 6.45) is 3.77. The molecule has 1 amide bonds. The van der Waals surface area contributed by atoms with Crippen molar-refractivity contribution in [2.75, 3.05) is 17.2 Å². The van der Waals surface area contributed by atoms with Crippen molar-refractivity contribution >= 4 is 17.4 Å². The molecule has 0 radical (unpaired) electrons. The Morgan fingerprint density at radius 1 is 1.52 bits per heavy atom. The predicted octanol–water partition coefficient (Wildman–Crippen LogP) is 1.87. The lowest BCUT2D eigenvalue weighted by molar-refractivity contribution is -0.116. The number of fused-ring (bicyclic) bond motifs is 1. The van der Waals surface area contributed by atoms with E-state index < -0.39 is 0 Å². The molecule has 1 aliphatic heterocycles. The third kappa shape index (κ3) is 2.76. The summed E-state index contributed by atoms with van der Waals surface area (Å²) in [6.45, 7) is 5.55. The third-order valence-corrected chi connectivity index (χ3v) is 3.74. The maximum atomic E-state index is 12.1. The summed E-state index contributed by atoms with van der Waals surface area (Å²) in [7, 11) is 0. The highest BCUT2D eigenvalue weighted by atomic mass is 16.5. The van der Waals surface area contributed by atoms with E-state index in [4.69, 9.17) is 4.52 Å². The average molecular weight is 289 g/mol. The van der Waals surface area contributed by atoms with Gasteiger partial charge >= 0.3 is 0 Å². The normalized spacial score (nSPS) is 13.6. The number of hydrogen-bond acceptors (Lipinski definition) is 5. The molecule has 2 aromatic heterocycles. The van der Waals surface area contributed by atoms with Gasteiger partial charge in [0.25, 0.3) is 0 Å². The first-order valence-electron chi connectivity index (χ1n) is 7.16. The first-order valence-corrected chi connectivity index (χ1v) is 7.16. The van der Waals surface area contributed by atoms with Crippen molar-refractivity contribution in [2.24, 2.45) is 0 Å². The zero-order chi connectivity index (χ0) is 14.8. The second kappa shape index (κ2) is 5.59. The van der Waals surface area contributed by atoms with Gasteiger partial charge in [-0.05, 0) is 26.7 Å². The number of nitrogens with one attached hydrogen (secondary N) is 2. The molecule has 0 fully saturated rings. The van der Waals surface area contributed by atoms with Crippen LogP contribution in [0.25, 0.3) is 0 Å². The van der Waals surface area contributed by atoms with Gasteiger partial charge in [-0.25, -0.2) is 4.68 Å². The van der Waals surface area contributed by atoms with Crippen molar-refractivity contribution in [1.82, 2.24) is 14.9 Å². The Bertz CT molecular complexity index is 639. The number of aromatic nitrogens is 3. The minimum atomic E-state index is -0.0295. The first-order chi connectivity index (χ1) is 10.1. The van der Waals surface area contributed by atoms with Crippen LogP contribution in [0, 0.1) is 13.8 Å². The Balaban J connectivity index is 1.61. The Morgan fingerprint density at radius 2 is 2.38 bits per heavy atom. The van der Waals surface area contributed by atoms with Crippen LogP contribution in [-0.2, 0) is 17.8 Å². The smallest absolute Gasteiger partial charge is 0.224 e. The van der Waals surface area contributed by atoms with E-state index in [1.165, 1.54) is 0 Å². The molecular formula is C14H19N5O2. The summed E-state index contributed by atoms with van der Waals surface area (Å²) in [5, 5.41) is 14.3. The van der Waals surface area contributed by atoms with Crippen molar-refractivity contribution in [3.63, 3.8) is 0 Å². The fourth-order valence-electron chi connectivity index (χ4n) is 2.58. The van der Waals surface area contributed by atoms with E-state index in [1.807, 2.05) is 18.5 Å². The summed E-state index contributed by atoms with van der Waals surface area (Å²) >= 11 is 0. The monoisotopic (exact) mass is 289 g/mol. The summed E-state index contributed by atoms with van der Waals surface area (Å²) in [6, 6.07) is 0. The van der Waals surface area contributed by atoms with Gasteiger partial charge in [0.15, 0.2) is 0 Å². The SMILES string of the molecule is Cc1noc(C)c1CCC(=O)Nc1cnn2c1NCCC2. The summed E-state index contributed by atoms with van der Waals surface area (Å²) in [5.74, 6) is 1.65. The molecule has 0 atom stereocenters. The van der Waals surface area contributed by atoms with Gasteiger partial charge in [0, 0.05) is 25.1 Å². The third-order valence-electron chi connectivity index (χ3n) is 3.74. The molecule has 0 saturated carbocycles. The second-order valence-electron chi connectivity index (χ2n) is 5.26. The van der Waals surface area contributed by atoms with E-state index in [-0.39, 0.29) is 5.91 Å². The molecule has 7 nitrogen and oxygen atoms in total. The minimum Gasteiger partial charge on any atom is -0.368 e. The van der Waals surface area contributed by atoms with E-state index in [2.05, 4.69) is 20.9 Å². The van der Waals surface area contributed by atoms with Crippen molar-refractivity contribution in [3.8, 4) is 0 Å². The molecule has 0 aromatic carbocycles. The van der Waals surface area contributed by atoms with Gasteiger partial charge in [-0.15, -0.1) is 0 Å². The molecule has 2 aromatic rings. The molecular weight excluding hydrogens is 270 g/mol. The lowest BCUT2D eigenvalue weighted by Gasteiger charge is -2.17. The van der Waals surface area contributed by atoms with E-state index in [1.54, 1.807) is 6.20 Å². The van der Waals surface area contributed by atoms with Gasteiger partial charge in [0.05, 0.1) is 11.9 Å². The largest absolute Gasteiger partial charge is 0.368 e. The number of nitrogens with zero attached hydrogens (tertiary/aromatic N) is 3. The van der Waals surface area contributed by atoms with Gasteiger partial charge in [-0.2, -0.15) is 5.10 Å². The number of aryl methyl sites for hydroxylation is 3. The molecule has 0 saturated heterocycles. The molecule has 21 heavy (non-hydrogen) atoms. The molecule has 0 spiro atoms. The molecule has 3 heterocycles. The predicted molar refractivity (Wildman–Crippen MR) is 78.3 cm³/mol. The highest BCUT2D eigenvalue weighted by Gasteiger charge is 2.17. The topological polar surface area (TPSA) is 85.0 Å². The van der Waals surface area contributed by atoms with E-state index in [0.29, 0.717) is 12.8 Å². The van der Waals surface area contributed by atoms with Gasteiger partial charge in [0.2, 0.25) is 5.91 Å². The quantitative estimate of drug-likeness (QED) is 0.897. The number of carbonyl (C=O) groups excluding carboxylic acids is 1. The number of carbonyl (C=O) groups is 1. The summed E-state index contributed by atoms with van der Waals surface area (Å²) in [5.41, 5.74) is 2.61. The number of anilines is 2. The standard InChI is InChI=1S/C14H19N5O2/c1-9-11(10(2)21-18-9)4-5-13(20)17-12-8-16-19-7-3-6-15-14(12)19/h8,15H,3-7H2,1-2H3,(H,17,20). The van der Waals surface area contributed by atoms with E-state index in [0.717, 1.165) is 48.0 Å². The molecule has 7 heteroatoms. The fraction of sp³-hybridized carbons (Fsp3) is 0.500. The Labute approximate surface area is 122 Å². The highest BCUT2D eigenvalue weighted by molar-refractivity contribution is 5.93. The molecule has 0 unspecified atom stereocenters. The van der Waals surface area contributed by atoms with Crippen LogP contribution in [0.3, 0.4) is 0 Å². The van der Waals surface area contributed by atoms with Crippen molar-refractivity contribution in [3.05, 3.63) is 23.2 Å². The Kier molecular flexibility index (Phi) is 3.64. The Morgan fingerprint density at radius 3 is 3.14 bits per heavy atom. The fourth-order valence-corrected chi connectivity index (χ4v) is 2.58. The molecule has 0 aliphatic carbocycles. The van der Waals surface area contributed by atoms with Crippen molar-refractivity contribution in [1.29, 1.82) is 0 Å². The van der Waals surface area contributed by atoms with E-state index in [9.17, 15) is 4.79 Å². The maximum absolute atomic E-state index is 12.1. The van der Waals surface area contributed by atoms with Crippen LogP contribution in [0.4, 0.5) is 11.5 Å². The highest BCUT2D eigenvalue weighted by Crippen LogP contribution is 2.24. The lowest BCUT2D eigenvalue weighted by Crippen LogP contribution is -2.19. The second-order valence-corrected chi connectivity index (χ2v) is 5.26. The molecule has 0 bridgehead atoms. The number of hydrogen-bond donors (Lipinski definition) is 2. The Hall–Kier alpha value is -2.31. The van der Waals surface area contributed by atoms with Crippen LogP contribution in [-0.4, -0.2) is 27.4 Å². The average Bonchev–Trinajstić information content (AvgIpc) is 3.02. The van der Waals surface area contributed by atoms with Gasteiger partial charge < -0.3 is 15.2 Å². The number of amides is 1. The van der Waals surface area contributed by atoms with Crippen molar-refractivity contribution in [2.45, 2.75) is 39.7 Å². The lowest BCUT2D eigenvalue weighted by atomic mass is 10.1. The van der Waals surface area contributed by atoms with Crippen LogP contribution in [0.1, 0.15) is 29.9 Å². The molecule has 3 rings (SSSR count). The van der Waals surface area contributed by atoms with Crippen molar-refractivity contribution < 1.29 is 9.32 Å².